The van der Waals surface area contributed by atoms with Crippen molar-refractivity contribution in [3.8, 4) is 0 Å². The van der Waals surface area contributed by atoms with Gasteiger partial charge in [-0.25, -0.2) is 0 Å². The summed E-state index contributed by atoms with van der Waals surface area (Å²) in [6, 6.07) is 2.13. The van der Waals surface area contributed by atoms with Crippen molar-refractivity contribution in [3.05, 3.63) is 23.5 Å². The van der Waals surface area contributed by atoms with E-state index in [1.54, 1.807) is 11.8 Å². The summed E-state index contributed by atoms with van der Waals surface area (Å²) in [7, 11) is 0. The van der Waals surface area contributed by atoms with Crippen LogP contribution in [0.3, 0.4) is 0 Å². The van der Waals surface area contributed by atoms with Gasteiger partial charge in [-0.15, -0.1) is 23.4 Å². The Morgan fingerprint density at radius 1 is 1.42 bits per heavy atom. The molecular weight excluding hydrogens is 280 g/mol. The molecule has 1 aliphatic heterocycles. The topological polar surface area (TPSA) is 34.5 Å². The third-order valence-corrected chi connectivity index (χ3v) is 5.10. The molecule has 0 atom stereocenters. The van der Waals surface area contributed by atoms with E-state index < -0.39 is 0 Å². The van der Waals surface area contributed by atoms with Crippen LogP contribution in [0.4, 0.5) is 0 Å². The van der Waals surface area contributed by atoms with Crippen LogP contribution in [0.2, 0.25) is 0 Å². The Labute approximate surface area is 122 Å². The molecule has 0 bridgehead atoms. The number of aryl methyl sites for hydroxylation is 1. The van der Waals surface area contributed by atoms with Crippen LogP contribution >= 0.6 is 23.4 Å². The van der Waals surface area contributed by atoms with E-state index in [1.807, 2.05) is 13.1 Å². The minimum Gasteiger partial charge on any atom is -0.389 e. The molecule has 19 heavy (non-hydrogen) atoms. The van der Waals surface area contributed by atoms with E-state index in [0.717, 1.165) is 41.1 Å². The number of rotatable bonds is 3. The first-order chi connectivity index (χ1) is 9.22. The number of halogens is 1. The van der Waals surface area contributed by atoms with Crippen LogP contribution in [0.15, 0.2) is 22.3 Å². The van der Waals surface area contributed by atoms with Gasteiger partial charge in [0, 0.05) is 23.1 Å². The van der Waals surface area contributed by atoms with Gasteiger partial charge >= 0.3 is 0 Å². The van der Waals surface area contributed by atoms with Crippen molar-refractivity contribution < 1.29 is 4.84 Å². The third kappa shape index (κ3) is 2.61. The maximum absolute atomic E-state index is 5.80. The highest BCUT2D eigenvalue weighted by molar-refractivity contribution is 8.00. The van der Waals surface area contributed by atoms with Crippen molar-refractivity contribution in [3.63, 3.8) is 0 Å². The van der Waals surface area contributed by atoms with Crippen LogP contribution in [0, 0.1) is 6.92 Å². The van der Waals surface area contributed by atoms with E-state index in [-0.39, 0.29) is 5.60 Å². The first kappa shape index (κ1) is 13.3. The highest BCUT2D eigenvalue weighted by atomic mass is 35.5. The highest BCUT2D eigenvalue weighted by Crippen LogP contribution is 2.41. The van der Waals surface area contributed by atoms with Gasteiger partial charge in [0.05, 0.1) is 16.6 Å². The molecule has 0 saturated heterocycles. The van der Waals surface area contributed by atoms with Crippen LogP contribution in [0.25, 0.3) is 0 Å². The predicted molar refractivity (Wildman–Crippen MR) is 79.0 cm³/mol. The Bertz CT molecular complexity index is 512. The van der Waals surface area contributed by atoms with Crippen molar-refractivity contribution in [2.75, 3.05) is 5.21 Å². The number of hydrogen-bond donors (Lipinski definition) is 0. The van der Waals surface area contributed by atoms with Gasteiger partial charge in [0.2, 0.25) is 0 Å². The fourth-order valence-corrected chi connectivity index (χ4v) is 3.78. The van der Waals surface area contributed by atoms with Crippen molar-refractivity contribution in [1.29, 1.82) is 0 Å². The zero-order valence-corrected chi connectivity index (χ0v) is 12.6. The van der Waals surface area contributed by atoms with Gasteiger partial charge in [-0.2, -0.15) is 0 Å². The summed E-state index contributed by atoms with van der Waals surface area (Å²) in [4.78, 5) is 11.3. The zero-order chi connectivity index (χ0) is 13.3. The van der Waals surface area contributed by atoms with Crippen molar-refractivity contribution >= 4 is 29.1 Å². The van der Waals surface area contributed by atoms with Crippen LogP contribution in [0.1, 0.15) is 43.4 Å². The van der Waals surface area contributed by atoms with Gasteiger partial charge in [-0.3, -0.25) is 4.98 Å². The molecule has 0 N–H and O–H groups in total. The molecule has 1 saturated carbocycles. The lowest BCUT2D eigenvalue weighted by Gasteiger charge is -2.19. The lowest BCUT2D eigenvalue weighted by atomic mass is 9.93. The summed E-state index contributed by atoms with van der Waals surface area (Å²) in [6.07, 6.45) is 7.57. The van der Waals surface area contributed by atoms with Gasteiger partial charge in [0.1, 0.15) is 5.60 Å². The monoisotopic (exact) mass is 296 g/mol. The molecule has 1 aromatic heterocycles. The van der Waals surface area contributed by atoms with E-state index in [9.17, 15) is 0 Å². The molecule has 0 radical (unpaired) electrons. The molecule has 0 unspecified atom stereocenters. The maximum atomic E-state index is 5.80. The third-order valence-electron chi connectivity index (χ3n) is 3.94. The first-order valence-electron chi connectivity index (χ1n) is 6.63. The number of alkyl halides is 1. The van der Waals surface area contributed by atoms with Gasteiger partial charge in [-0.05, 0) is 38.7 Å². The van der Waals surface area contributed by atoms with E-state index in [1.165, 1.54) is 12.8 Å². The number of aromatic nitrogens is 1. The van der Waals surface area contributed by atoms with Crippen LogP contribution in [0.5, 0.6) is 0 Å². The van der Waals surface area contributed by atoms with E-state index in [4.69, 9.17) is 16.4 Å². The zero-order valence-electron chi connectivity index (χ0n) is 11.0. The first-order valence-corrected chi connectivity index (χ1v) is 8.15. The average molecular weight is 297 g/mol. The molecule has 2 heterocycles. The predicted octanol–water partition coefficient (Wildman–Crippen LogP) is 4.12. The van der Waals surface area contributed by atoms with Gasteiger partial charge in [-0.1, -0.05) is 5.16 Å². The molecule has 1 aliphatic carbocycles. The Hall–Kier alpha value is -0.740. The second kappa shape index (κ2) is 5.33. The second-order valence-corrected chi connectivity index (χ2v) is 6.86. The SMILES string of the molecule is Cc1ncc(C2=NOC3(CCCC3)C2)cc1SCCl. The molecular formula is C14H17ClN2OS. The smallest absolute Gasteiger partial charge is 0.143 e. The summed E-state index contributed by atoms with van der Waals surface area (Å²) in [5, 5.41) is 4.85. The normalized spacial score (nSPS) is 20.6. The Kier molecular flexibility index (Phi) is 3.72. The number of oxime groups is 1. The minimum absolute atomic E-state index is 0.0139. The molecule has 1 spiro atoms. The molecule has 1 fully saturated rings. The van der Waals surface area contributed by atoms with Gasteiger partial charge in [0.15, 0.2) is 0 Å². The number of nitrogens with zero attached hydrogens (tertiary/aromatic N) is 2. The second-order valence-electron chi connectivity index (χ2n) is 5.26. The lowest BCUT2D eigenvalue weighted by molar-refractivity contribution is -0.0126. The van der Waals surface area contributed by atoms with Crippen molar-refractivity contribution in [2.24, 2.45) is 5.16 Å². The van der Waals surface area contributed by atoms with Gasteiger partial charge in [0.25, 0.3) is 0 Å². The number of hydrogen-bond acceptors (Lipinski definition) is 4. The molecule has 5 heteroatoms. The number of pyridine rings is 1. The summed E-state index contributed by atoms with van der Waals surface area (Å²) < 4.78 is 0. The molecule has 0 aromatic carbocycles. The van der Waals surface area contributed by atoms with Gasteiger partial charge < -0.3 is 4.84 Å². The molecule has 2 aliphatic rings. The summed E-state index contributed by atoms with van der Waals surface area (Å²) in [5.41, 5.74) is 3.11. The Balaban J connectivity index is 1.81. The highest BCUT2D eigenvalue weighted by Gasteiger charge is 2.42. The fraction of sp³-hybridized carbons (Fsp3) is 0.571. The van der Waals surface area contributed by atoms with Crippen LogP contribution < -0.4 is 0 Å². The largest absolute Gasteiger partial charge is 0.389 e. The van der Waals surface area contributed by atoms with E-state index in [0.29, 0.717) is 5.21 Å². The maximum Gasteiger partial charge on any atom is 0.143 e. The van der Waals surface area contributed by atoms with Crippen LogP contribution in [-0.4, -0.2) is 21.5 Å². The number of thioether (sulfide) groups is 1. The summed E-state index contributed by atoms with van der Waals surface area (Å²) in [6.45, 7) is 2.00. The van der Waals surface area contributed by atoms with E-state index >= 15 is 0 Å². The van der Waals surface area contributed by atoms with E-state index in [2.05, 4.69) is 16.2 Å². The lowest BCUT2D eigenvalue weighted by Crippen LogP contribution is -2.24. The van der Waals surface area contributed by atoms with Crippen LogP contribution in [-0.2, 0) is 4.84 Å². The Morgan fingerprint density at radius 2 is 2.21 bits per heavy atom. The summed E-state index contributed by atoms with van der Waals surface area (Å²) >= 11 is 7.40. The van der Waals surface area contributed by atoms with Crippen molar-refractivity contribution in [2.45, 2.75) is 49.5 Å². The molecule has 0 amide bonds. The quantitative estimate of drug-likeness (QED) is 0.622. The summed E-state index contributed by atoms with van der Waals surface area (Å²) in [5.74, 6) is 0. The molecule has 102 valence electrons. The minimum atomic E-state index is -0.0139. The fourth-order valence-electron chi connectivity index (χ4n) is 2.84. The molecule has 1 aromatic rings. The Morgan fingerprint density at radius 3 is 2.95 bits per heavy atom. The molecule has 3 nitrogen and oxygen atoms in total. The molecule has 3 rings (SSSR count). The van der Waals surface area contributed by atoms with Crippen molar-refractivity contribution in [1.82, 2.24) is 4.98 Å². The standard InChI is InChI=1S/C14H17ClN2OS/c1-10-13(19-9-15)6-11(8-16-10)12-7-14(18-17-12)4-2-3-5-14/h6,8H,2-5,7,9H2,1H3. The average Bonchev–Trinajstić information content (AvgIpc) is 3.04.